The fraction of sp³-hybridized carbons (Fsp3) is 0.462. The fourth-order valence-electron chi connectivity index (χ4n) is 1.54. The first-order valence-electron chi connectivity index (χ1n) is 5.85. The Morgan fingerprint density at radius 1 is 1.28 bits per heavy atom. The molecule has 0 heterocycles. The lowest BCUT2D eigenvalue weighted by molar-refractivity contribution is 0.0522. The summed E-state index contributed by atoms with van der Waals surface area (Å²) >= 11 is 0. The van der Waals surface area contributed by atoms with Gasteiger partial charge in [0.25, 0.3) is 0 Å². The first kappa shape index (κ1) is 16.7. The Labute approximate surface area is 114 Å². The van der Waals surface area contributed by atoms with E-state index in [4.69, 9.17) is 15.2 Å². The molecule has 0 aliphatic carbocycles. The van der Waals surface area contributed by atoms with Crippen molar-refractivity contribution in [3.63, 3.8) is 0 Å². The van der Waals surface area contributed by atoms with Crippen LogP contribution in [-0.2, 0) is 11.2 Å². The van der Waals surface area contributed by atoms with E-state index in [1.54, 1.807) is 13.0 Å². The van der Waals surface area contributed by atoms with E-state index in [0.29, 0.717) is 31.1 Å². The Bertz CT molecular complexity index is 382. The molecule has 4 nitrogen and oxygen atoms in total. The summed E-state index contributed by atoms with van der Waals surface area (Å²) in [6, 6.07) is 5.46. The number of carbonyl (C=O) groups excluding carboxylic acids is 1. The predicted octanol–water partition coefficient (Wildman–Crippen LogP) is 2.19. The van der Waals surface area contributed by atoms with E-state index in [9.17, 15) is 4.79 Å². The van der Waals surface area contributed by atoms with Crippen LogP contribution in [0.15, 0.2) is 18.2 Å². The SMILES string of the molecule is CCOC(=O)c1ccc(CCN)cc1OCC.Cl. The maximum atomic E-state index is 11.7. The number of rotatable bonds is 6. The number of esters is 1. The highest BCUT2D eigenvalue weighted by atomic mass is 35.5. The minimum absolute atomic E-state index is 0. The number of benzene rings is 1. The quantitative estimate of drug-likeness (QED) is 0.807. The number of nitrogens with two attached hydrogens (primary N) is 1. The van der Waals surface area contributed by atoms with Crippen LogP contribution in [-0.4, -0.2) is 25.7 Å². The number of carbonyl (C=O) groups is 1. The molecule has 0 aromatic heterocycles. The Balaban J connectivity index is 0.00000289. The summed E-state index contributed by atoms with van der Waals surface area (Å²) in [5.41, 5.74) is 7.02. The first-order chi connectivity index (χ1) is 8.22. The van der Waals surface area contributed by atoms with E-state index < -0.39 is 0 Å². The van der Waals surface area contributed by atoms with Crippen molar-refractivity contribution >= 4 is 18.4 Å². The first-order valence-corrected chi connectivity index (χ1v) is 5.85. The summed E-state index contributed by atoms with van der Waals surface area (Å²) in [6.45, 7) is 5.10. The van der Waals surface area contributed by atoms with Gasteiger partial charge in [0.2, 0.25) is 0 Å². The van der Waals surface area contributed by atoms with E-state index in [2.05, 4.69) is 0 Å². The van der Waals surface area contributed by atoms with Crippen LogP contribution in [0.3, 0.4) is 0 Å². The Kier molecular flexibility index (Phi) is 8.16. The van der Waals surface area contributed by atoms with Crippen molar-refractivity contribution in [2.75, 3.05) is 19.8 Å². The third-order valence-corrected chi connectivity index (χ3v) is 2.27. The van der Waals surface area contributed by atoms with Gasteiger partial charge >= 0.3 is 5.97 Å². The lowest BCUT2D eigenvalue weighted by atomic mass is 10.1. The second-order valence-electron chi connectivity index (χ2n) is 3.52. The van der Waals surface area contributed by atoms with E-state index in [1.807, 2.05) is 19.1 Å². The molecule has 1 aromatic rings. The average Bonchev–Trinajstić information content (AvgIpc) is 2.30. The van der Waals surface area contributed by atoms with Crippen molar-refractivity contribution in [3.05, 3.63) is 29.3 Å². The Morgan fingerprint density at radius 3 is 2.56 bits per heavy atom. The zero-order valence-electron chi connectivity index (χ0n) is 10.8. The molecule has 18 heavy (non-hydrogen) atoms. The molecule has 0 saturated carbocycles. The van der Waals surface area contributed by atoms with Gasteiger partial charge in [-0.1, -0.05) is 6.07 Å². The molecule has 102 valence electrons. The number of halogens is 1. The molecule has 0 fully saturated rings. The smallest absolute Gasteiger partial charge is 0.341 e. The predicted molar refractivity (Wildman–Crippen MR) is 73.6 cm³/mol. The number of hydrogen-bond donors (Lipinski definition) is 1. The zero-order chi connectivity index (χ0) is 12.7. The minimum atomic E-state index is -0.352. The molecule has 0 atom stereocenters. The van der Waals surface area contributed by atoms with Gasteiger partial charge in [-0.15, -0.1) is 12.4 Å². The van der Waals surface area contributed by atoms with Gasteiger partial charge in [-0.05, 0) is 44.5 Å². The average molecular weight is 274 g/mol. The fourth-order valence-corrected chi connectivity index (χ4v) is 1.54. The summed E-state index contributed by atoms with van der Waals surface area (Å²) < 4.78 is 10.4. The van der Waals surface area contributed by atoms with Crippen LogP contribution in [0.1, 0.15) is 29.8 Å². The van der Waals surface area contributed by atoms with Crippen LogP contribution in [0.2, 0.25) is 0 Å². The molecule has 0 amide bonds. The zero-order valence-corrected chi connectivity index (χ0v) is 11.6. The van der Waals surface area contributed by atoms with Crippen molar-refractivity contribution in [2.24, 2.45) is 5.73 Å². The number of ether oxygens (including phenoxy) is 2. The molecule has 5 heteroatoms. The van der Waals surface area contributed by atoms with Crippen molar-refractivity contribution in [2.45, 2.75) is 20.3 Å². The van der Waals surface area contributed by atoms with Gasteiger partial charge in [0.1, 0.15) is 11.3 Å². The van der Waals surface area contributed by atoms with E-state index in [0.717, 1.165) is 12.0 Å². The summed E-state index contributed by atoms with van der Waals surface area (Å²) in [6.07, 6.45) is 0.767. The van der Waals surface area contributed by atoms with Crippen LogP contribution in [0, 0.1) is 0 Å². The monoisotopic (exact) mass is 273 g/mol. The minimum Gasteiger partial charge on any atom is -0.493 e. The van der Waals surface area contributed by atoms with Crippen LogP contribution in [0.25, 0.3) is 0 Å². The largest absolute Gasteiger partial charge is 0.493 e. The normalized spacial score (nSPS) is 9.50. The maximum absolute atomic E-state index is 11.7. The highest BCUT2D eigenvalue weighted by Gasteiger charge is 2.13. The molecule has 2 N–H and O–H groups in total. The highest BCUT2D eigenvalue weighted by Crippen LogP contribution is 2.22. The summed E-state index contributed by atoms with van der Waals surface area (Å²) in [5, 5.41) is 0. The van der Waals surface area contributed by atoms with Crippen molar-refractivity contribution in [3.8, 4) is 5.75 Å². The third-order valence-electron chi connectivity index (χ3n) is 2.27. The van der Waals surface area contributed by atoms with Gasteiger partial charge in [0.15, 0.2) is 0 Å². The molecular weight excluding hydrogens is 254 g/mol. The lowest BCUT2D eigenvalue weighted by Crippen LogP contribution is -2.09. The van der Waals surface area contributed by atoms with Gasteiger partial charge < -0.3 is 15.2 Å². The summed E-state index contributed by atoms with van der Waals surface area (Å²) in [4.78, 5) is 11.7. The van der Waals surface area contributed by atoms with Crippen LogP contribution >= 0.6 is 12.4 Å². The van der Waals surface area contributed by atoms with Gasteiger partial charge in [0, 0.05) is 0 Å². The van der Waals surface area contributed by atoms with Crippen molar-refractivity contribution in [1.29, 1.82) is 0 Å². The molecule has 0 saturated heterocycles. The summed E-state index contributed by atoms with van der Waals surface area (Å²) in [5.74, 6) is 0.215. The topological polar surface area (TPSA) is 61.5 Å². The molecule has 0 radical (unpaired) electrons. The van der Waals surface area contributed by atoms with E-state index in [-0.39, 0.29) is 18.4 Å². The Morgan fingerprint density at radius 2 is 2.00 bits per heavy atom. The number of hydrogen-bond acceptors (Lipinski definition) is 4. The standard InChI is InChI=1S/C13H19NO3.ClH/c1-3-16-12-9-10(7-8-14)5-6-11(12)13(15)17-4-2;/h5-6,9H,3-4,7-8,14H2,1-2H3;1H. The molecular formula is C13H20ClNO3. The highest BCUT2D eigenvalue weighted by molar-refractivity contribution is 5.92. The molecule has 0 spiro atoms. The van der Waals surface area contributed by atoms with Gasteiger partial charge in [-0.25, -0.2) is 4.79 Å². The van der Waals surface area contributed by atoms with Crippen molar-refractivity contribution in [1.82, 2.24) is 0 Å². The molecule has 1 aromatic carbocycles. The third kappa shape index (κ3) is 4.55. The lowest BCUT2D eigenvalue weighted by Gasteiger charge is -2.11. The Hall–Kier alpha value is -1.26. The van der Waals surface area contributed by atoms with E-state index in [1.165, 1.54) is 0 Å². The second kappa shape index (κ2) is 8.78. The van der Waals surface area contributed by atoms with Gasteiger partial charge in [0.05, 0.1) is 13.2 Å². The maximum Gasteiger partial charge on any atom is 0.341 e. The molecule has 0 aliphatic rings. The van der Waals surface area contributed by atoms with Crippen LogP contribution in [0.5, 0.6) is 5.75 Å². The summed E-state index contributed by atoms with van der Waals surface area (Å²) in [7, 11) is 0. The molecule has 1 rings (SSSR count). The molecule has 0 aliphatic heterocycles. The van der Waals surface area contributed by atoms with Gasteiger partial charge in [-0.2, -0.15) is 0 Å². The van der Waals surface area contributed by atoms with Gasteiger partial charge in [-0.3, -0.25) is 0 Å². The molecule has 0 bridgehead atoms. The van der Waals surface area contributed by atoms with Crippen LogP contribution < -0.4 is 10.5 Å². The van der Waals surface area contributed by atoms with Crippen molar-refractivity contribution < 1.29 is 14.3 Å². The second-order valence-corrected chi connectivity index (χ2v) is 3.52. The van der Waals surface area contributed by atoms with E-state index >= 15 is 0 Å². The molecule has 0 unspecified atom stereocenters. The van der Waals surface area contributed by atoms with Crippen LogP contribution in [0.4, 0.5) is 0 Å².